The highest BCUT2D eigenvalue weighted by Crippen LogP contribution is 2.04. The van der Waals surface area contributed by atoms with Crippen LogP contribution >= 0.6 is 0 Å². The largest absolute Gasteiger partial charge is 0.379 e. The van der Waals surface area contributed by atoms with Gasteiger partial charge in [-0.2, -0.15) is 5.26 Å². The Hall–Kier alpha value is -0.590. The number of hydrogen-bond acceptors (Lipinski definition) is 3. The van der Waals surface area contributed by atoms with Crippen LogP contribution in [-0.4, -0.2) is 26.3 Å². The second kappa shape index (κ2) is 11.5. The number of likely N-dealkylation sites (N-methyl/N-ethyl adjacent to an activating group) is 1. The van der Waals surface area contributed by atoms with Crippen LogP contribution in [-0.2, 0) is 4.74 Å². The zero-order valence-electron chi connectivity index (χ0n) is 10.1. The number of hydrogen-bond donors (Lipinski definition) is 1. The van der Waals surface area contributed by atoms with E-state index in [0.29, 0.717) is 6.61 Å². The summed E-state index contributed by atoms with van der Waals surface area (Å²) >= 11 is 0. The molecule has 0 aliphatic heterocycles. The van der Waals surface area contributed by atoms with Gasteiger partial charge in [-0.3, -0.25) is 0 Å². The van der Waals surface area contributed by atoms with Gasteiger partial charge in [-0.05, 0) is 13.5 Å². The zero-order chi connectivity index (χ0) is 11.4. The van der Waals surface area contributed by atoms with E-state index in [-0.39, 0.29) is 6.04 Å². The number of ether oxygens (including phenoxy) is 1. The van der Waals surface area contributed by atoms with E-state index in [0.717, 1.165) is 13.0 Å². The predicted molar refractivity (Wildman–Crippen MR) is 62.7 cm³/mol. The number of nitrogens with one attached hydrogen (secondary N) is 1. The Kier molecular flexibility index (Phi) is 11.0. The van der Waals surface area contributed by atoms with E-state index < -0.39 is 0 Å². The minimum Gasteiger partial charge on any atom is -0.379 e. The third kappa shape index (κ3) is 9.71. The van der Waals surface area contributed by atoms with Crippen LogP contribution in [0, 0.1) is 11.3 Å². The minimum atomic E-state index is -0.162. The molecule has 0 saturated carbocycles. The molecule has 0 saturated heterocycles. The van der Waals surface area contributed by atoms with Crippen LogP contribution in [0.15, 0.2) is 0 Å². The van der Waals surface area contributed by atoms with Crippen molar-refractivity contribution in [1.29, 1.82) is 5.26 Å². The molecule has 0 aliphatic carbocycles. The average molecular weight is 212 g/mol. The molecule has 0 fully saturated rings. The highest BCUT2D eigenvalue weighted by molar-refractivity contribution is 4.88. The van der Waals surface area contributed by atoms with Gasteiger partial charge in [0.2, 0.25) is 0 Å². The molecule has 0 spiro atoms. The summed E-state index contributed by atoms with van der Waals surface area (Å²) in [5.74, 6) is 0. The van der Waals surface area contributed by atoms with Crippen molar-refractivity contribution in [2.75, 3.05) is 20.3 Å². The van der Waals surface area contributed by atoms with Gasteiger partial charge < -0.3 is 10.1 Å². The van der Waals surface area contributed by atoms with Crippen molar-refractivity contribution in [3.8, 4) is 6.07 Å². The summed E-state index contributed by atoms with van der Waals surface area (Å²) in [6, 6.07) is 1.97. The maximum absolute atomic E-state index is 8.63. The summed E-state index contributed by atoms with van der Waals surface area (Å²) < 4.78 is 5.40. The molecule has 0 aliphatic rings. The third-order valence-electron chi connectivity index (χ3n) is 2.43. The fourth-order valence-electron chi connectivity index (χ4n) is 1.37. The normalized spacial score (nSPS) is 12.3. The molecule has 1 N–H and O–H groups in total. The molecular weight excluding hydrogens is 188 g/mol. The molecule has 3 heteroatoms. The molecule has 1 atom stereocenters. The highest BCUT2D eigenvalue weighted by atomic mass is 16.5. The maximum atomic E-state index is 8.63. The topological polar surface area (TPSA) is 45.0 Å². The Balaban J connectivity index is 3.08. The van der Waals surface area contributed by atoms with Gasteiger partial charge in [0, 0.05) is 6.61 Å². The molecule has 0 rings (SSSR count). The van der Waals surface area contributed by atoms with Gasteiger partial charge in [0.1, 0.15) is 6.04 Å². The monoisotopic (exact) mass is 212 g/mol. The lowest BCUT2D eigenvalue weighted by Gasteiger charge is -2.08. The van der Waals surface area contributed by atoms with Gasteiger partial charge in [-0.1, -0.05) is 39.0 Å². The molecule has 0 heterocycles. The highest BCUT2D eigenvalue weighted by Gasteiger charge is 2.02. The molecule has 15 heavy (non-hydrogen) atoms. The second-order valence-corrected chi connectivity index (χ2v) is 3.81. The van der Waals surface area contributed by atoms with Gasteiger partial charge in [0.15, 0.2) is 0 Å². The number of nitrogens with zero attached hydrogens (tertiary/aromatic N) is 1. The summed E-state index contributed by atoms with van der Waals surface area (Å²) in [5, 5.41) is 11.5. The van der Waals surface area contributed by atoms with E-state index in [4.69, 9.17) is 10.00 Å². The Morgan fingerprint density at radius 3 is 2.47 bits per heavy atom. The Morgan fingerprint density at radius 2 is 1.87 bits per heavy atom. The van der Waals surface area contributed by atoms with Crippen molar-refractivity contribution < 1.29 is 4.74 Å². The fraction of sp³-hybridized carbons (Fsp3) is 0.917. The first-order chi connectivity index (χ1) is 7.35. The first kappa shape index (κ1) is 14.4. The van der Waals surface area contributed by atoms with Crippen LogP contribution in [0.25, 0.3) is 0 Å². The van der Waals surface area contributed by atoms with E-state index in [1.807, 2.05) is 0 Å². The number of unbranched alkanes of at least 4 members (excludes halogenated alkanes) is 5. The first-order valence-electron chi connectivity index (χ1n) is 5.99. The summed E-state index contributed by atoms with van der Waals surface area (Å²) in [6.07, 6.45) is 7.65. The van der Waals surface area contributed by atoms with Crippen LogP contribution < -0.4 is 5.32 Å². The van der Waals surface area contributed by atoms with Gasteiger partial charge in [-0.15, -0.1) is 0 Å². The lowest BCUT2D eigenvalue weighted by Crippen LogP contribution is -2.28. The quantitative estimate of drug-likeness (QED) is 0.566. The van der Waals surface area contributed by atoms with Crippen LogP contribution in [0.3, 0.4) is 0 Å². The van der Waals surface area contributed by atoms with Crippen LogP contribution in [0.5, 0.6) is 0 Å². The molecule has 0 amide bonds. The molecule has 0 aromatic heterocycles. The van der Waals surface area contributed by atoms with E-state index in [1.165, 1.54) is 32.1 Å². The van der Waals surface area contributed by atoms with E-state index in [9.17, 15) is 0 Å². The standard InChI is InChI=1S/C12H24N2O/c1-3-4-5-6-7-8-9-15-11-12(10-13)14-2/h12,14H,3-9,11H2,1-2H3. The van der Waals surface area contributed by atoms with Crippen LogP contribution in [0.4, 0.5) is 0 Å². The average Bonchev–Trinajstić information content (AvgIpc) is 2.27. The maximum Gasteiger partial charge on any atom is 0.119 e. The molecule has 1 unspecified atom stereocenters. The smallest absolute Gasteiger partial charge is 0.119 e. The molecule has 0 aromatic carbocycles. The van der Waals surface area contributed by atoms with E-state index >= 15 is 0 Å². The fourth-order valence-corrected chi connectivity index (χ4v) is 1.37. The van der Waals surface area contributed by atoms with Crippen molar-refractivity contribution in [3.05, 3.63) is 0 Å². The van der Waals surface area contributed by atoms with Crippen molar-refractivity contribution in [3.63, 3.8) is 0 Å². The molecule has 0 aromatic rings. The Bertz CT molecular complexity index is 165. The Labute approximate surface area is 93.8 Å². The summed E-state index contributed by atoms with van der Waals surface area (Å²) in [4.78, 5) is 0. The van der Waals surface area contributed by atoms with Crippen molar-refractivity contribution in [1.82, 2.24) is 5.32 Å². The molecular formula is C12H24N2O. The Morgan fingerprint density at radius 1 is 1.20 bits per heavy atom. The van der Waals surface area contributed by atoms with Crippen molar-refractivity contribution in [2.24, 2.45) is 0 Å². The van der Waals surface area contributed by atoms with Gasteiger partial charge in [0.25, 0.3) is 0 Å². The van der Waals surface area contributed by atoms with E-state index in [2.05, 4.69) is 18.3 Å². The van der Waals surface area contributed by atoms with Crippen LogP contribution in [0.1, 0.15) is 45.4 Å². The predicted octanol–water partition coefficient (Wildman–Crippen LogP) is 2.48. The first-order valence-corrected chi connectivity index (χ1v) is 5.99. The summed E-state index contributed by atoms with van der Waals surface area (Å²) in [6.45, 7) is 3.51. The second-order valence-electron chi connectivity index (χ2n) is 3.81. The summed E-state index contributed by atoms with van der Waals surface area (Å²) in [7, 11) is 1.78. The third-order valence-corrected chi connectivity index (χ3v) is 2.43. The molecule has 88 valence electrons. The number of nitriles is 1. The van der Waals surface area contributed by atoms with E-state index in [1.54, 1.807) is 7.05 Å². The molecule has 0 radical (unpaired) electrons. The molecule has 3 nitrogen and oxygen atoms in total. The van der Waals surface area contributed by atoms with Crippen molar-refractivity contribution in [2.45, 2.75) is 51.5 Å². The SMILES string of the molecule is CCCCCCCCOCC(C#N)NC. The van der Waals surface area contributed by atoms with Gasteiger partial charge in [-0.25, -0.2) is 0 Å². The van der Waals surface area contributed by atoms with Crippen molar-refractivity contribution >= 4 is 0 Å². The summed E-state index contributed by atoms with van der Waals surface area (Å²) in [5.41, 5.74) is 0. The minimum absolute atomic E-state index is 0.162. The molecule has 0 bridgehead atoms. The number of rotatable bonds is 10. The zero-order valence-corrected chi connectivity index (χ0v) is 10.1. The lowest BCUT2D eigenvalue weighted by molar-refractivity contribution is 0.121. The van der Waals surface area contributed by atoms with Gasteiger partial charge >= 0.3 is 0 Å². The van der Waals surface area contributed by atoms with Crippen LogP contribution in [0.2, 0.25) is 0 Å². The lowest BCUT2D eigenvalue weighted by atomic mass is 10.1. The van der Waals surface area contributed by atoms with Gasteiger partial charge in [0.05, 0.1) is 12.7 Å².